The molecule has 2 heteroatoms. The van der Waals surface area contributed by atoms with Crippen LogP contribution in [0.15, 0.2) is 0 Å². The number of nitrogens with two attached hydrogens (primary N) is 1. The van der Waals surface area contributed by atoms with Gasteiger partial charge >= 0.3 is 0 Å². The summed E-state index contributed by atoms with van der Waals surface area (Å²) in [6, 6.07) is 0. The fourth-order valence-corrected chi connectivity index (χ4v) is 4.94. The summed E-state index contributed by atoms with van der Waals surface area (Å²) in [5.74, 6) is 0. The maximum atomic E-state index is 6.59. The van der Waals surface area contributed by atoms with E-state index in [0.717, 1.165) is 5.41 Å². The number of nitrogens with zero attached hydrogens (tertiary/aromatic N) is 1. The van der Waals surface area contributed by atoms with Crippen molar-refractivity contribution in [1.82, 2.24) is 4.90 Å². The van der Waals surface area contributed by atoms with Gasteiger partial charge in [0.05, 0.1) is 0 Å². The molecule has 0 amide bonds. The summed E-state index contributed by atoms with van der Waals surface area (Å²) in [5, 5.41) is 0. The molecule has 0 atom stereocenters. The van der Waals surface area contributed by atoms with Crippen LogP contribution in [0.1, 0.15) is 83.5 Å². The molecule has 3 rings (SSSR count). The maximum absolute atomic E-state index is 6.59. The van der Waals surface area contributed by atoms with Crippen LogP contribution < -0.4 is 5.73 Å². The molecular weight excluding hydrogens is 244 g/mol. The van der Waals surface area contributed by atoms with Gasteiger partial charge in [-0.15, -0.1) is 0 Å². The SMILES string of the molecule is NC1(CCN2CCC3(CCCCC3)CC2)CCCCC1. The molecule has 20 heavy (non-hydrogen) atoms. The van der Waals surface area contributed by atoms with Crippen molar-refractivity contribution in [3.8, 4) is 0 Å². The first-order valence-electron chi connectivity index (χ1n) is 9.21. The molecule has 0 bridgehead atoms. The molecule has 1 aliphatic heterocycles. The minimum Gasteiger partial charge on any atom is -0.325 e. The molecule has 0 aromatic heterocycles. The van der Waals surface area contributed by atoms with Gasteiger partial charge in [-0.05, 0) is 70.0 Å². The van der Waals surface area contributed by atoms with E-state index in [0.29, 0.717) is 0 Å². The highest BCUT2D eigenvalue weighted by molar-refractivity contribution is 4.91. The van der Waals surface area contributed by atoms with Gasteiger partial charge in [-0.1, -0.05) is 38.5 Å². The lowest BCUT2D eigenvalue weighted by Crippen LogP contribution is -2.47. The summed E-state index contributed by atoms with van der Waals surface area (Å²) in [6.07, 6.45) is 18.3. The second kappa shape index (κ2) is 6.36. The first kappa shape index (κ1) is 14.8. The molecule has 0 unspecified atom stereocenters. The summed E-state index contributed by atoms with van der Waals surface area (Å²) in [7, 11) is 0. The lowest BCUT2D eigenvalue weighted by Gasteiger charge is -2.45. The fraction of sp³-hybridized carbons (Fsp3) is 1.00. The third kappa shape index (κ3) is 3.57. The van der Waals surface area contributed by atoms with Gasteiger partial charge in [0, 0.05) is 5.54 Å². The molecule has 0 radical (unpaired) electrons. The monoisotopic (exact) mass is 278 g/mol. The van der Waals surface area contributed by atoms with Gasteiger partial charge in [0.1, 0.15) is 0 Å². The fourth-order valence-electron chi connectivity index (χ4n) is 4.94. The molecule has 2 N–H and O–H groups in total. The van der Waals surface area contributed by atoms with Crippen LogP contribution in [-0.2, 0) is 0 Å². The Balaban J connectivity index is 1.42. The van der Waals surface area contributed by atoms with Crippen molar-refractivity contribution in [2.24, 2.45) is 11.1 Å². The highest BCUT2D eigenvalue weighted by atomic mass is 15.1. The van der Waals surface area contributed by atoms with E-state index >= 15 is 0 Å². The Bertz CT molecular complexity index is 291. The van der Waals surface area contributed by atoms with E-state index in [-0.39, 0.29) is 5.54 Å². The zero-order chi connectivity index (χ0) is 13.9. The Kier molecular flexibility index (Phi) is 4.72. The zero-order valence-electron chi connectivity index (χ0n) is 13.3. The van der Waals surface area contributed by atoms with Crippen molar-refractivity contribution < 1.29 is 0 Å². The van der Waals surface area contributed by atoms with Crippen molar-refractivity contribution in [1.29, 1.82) is 0 Å². The smallest absolute Gasteiger partial charge is 0.0166 e. The predicted octanol–water partition coefficient (Wildman–Crippen LogP) is 4.08. The lowest BCUT2D eigenvalue weighted by atomic mass is 9.68. The minimum absolute atomic E-state index is 0.179. The van der Waals surface area contributed by atoms with Crippen LogP contribution in [0.3, 0.4) is 0 Å². The van der Waals surface area contributed by atoms with Gasteiger partial charge in [-0.3, -0.25) is 0 Å². The van der Waals surface area contributed by atoms with Crippen LogP contribution in [0.2, 0.25) is 0 Å². The summed E-state index contributed by atoms with van der Waals surface area (Å²) >= 11 is 0. The van der Waals surface area contributed by atoms with Crippen LogP contribution in [0.25, 0.3) is 0 Å². The Morgan fingerprint density at radius 1 is 0.700 bits per heavy atom. The molecule has 3 fully saturated rings. The van der Waals surface area contributed by atoms with Gasteiger partial charge in [-0.25, -0.2) is 0 Å². The van der Waals surface area contributed by atoms with E-state index in [1.807, 2.05) is 0 Å². The second-order valence-electron chi connectivity index (χ2n) is 8.08. The Hall–Kier alpha value is -0.0800. The van der Waals surface area contributed by atoms with E-state index < -0.39 is 0 Å². The first-order chi connectivity index (χ1) is 9.70. The number of piperidine rings is 1. The molecule has 1 spiro atoms. The number of rotatable bonds is 3. The van der Waals surface area contributed by atoms with Crippen molar-refractivity contribution in [2.45, 2.75) is 89.0 Å². The average Bonchev–Trinajstić information content (AvgIpc) is 2.49. The van der Waals surface area contributed by atoms with Gasteiger partial charge < -0.3 is 10.6 Å². The summed E-state index contributed by atoms with van der Waals surface area (Å²) < 4.78 is 0. The third-order valence-electron chi connectivity index (χ3n) is 6.61. The molecule has 2 nitrogen and oxygen atoms in total. The van der Waals surface area contributed by atoms with E-state index in [1.54, 1.807) is 0 Å². The summed E-state index contributed by atoms with van der Waals surface area (Å²) in [6.45, 7) is 3.94. The molecule has 116 valence electrons. The summed E-state index contributed by atoms with van der Waals surface area (Å²) in [5.41, 5.74) is 7.51. The molecule has 3 aliphatic rings. The van der Waals surface area contributed by atoms with Crippen molar-refractivity contribution in [2.75, 3.05) is 19.6 Å². The second-order valence-corrected chi connectivity index (χ2v) is 8.08. The molecule has 1 saturated heterocycles. The zero-order valence-corrected chi connectivity index (χ0v) is 13.3. The number of likely N-dealkylation sites (tertiary alicyclic amines) is 1. The molecule has 2 saturated carbocycles. The van der Waals surface area contributed by atoms with E-state index in [1.165, 1.54) is 103 Å². The number of hydrogen-bond donors (Lipinski definition) is 1. The molecule has 0 aromatic carbocycles. The van der Waals surface area contributed by atoms with Gasteiger partial charge in [0.15, 0.2) is 0 Å². The Morgan fingerprint density at radius 3 is 1.85 bits per heavy atom. The molecular formula is C18H34N2. The van der Waals surface area contributed by atoms with Gasteiger partial charge in [0.25, 0.3) is 0 Å². The average molecular weight is 278 g/mol. The molecule has 1 heterocycles. The van der Waals surface area contributed by atoms with E-state index in [4.69, 9.17) is 5.73 Å². The van der Waals surface area contributed by atoms with E-state index in [9.17, 15) is 0 Å². The molecule has 0 aromatic rings. The summed E-state index contributed by atoms with van der Waals surface area (Å²) in [4.78, 5) is 2.71. The van der Waals surface area contributed by atoms with Crippen molar-refractivity contribution >= 4 is 0 Å². The van der Waals surface area contributed by atoms with Crippen LogP contribution in [-0.4, -0.2) is 30.1 Å². The normalized spacial score (nSPS) is 30.4. The van der Waals surface area contributed by atoms with Crippen LogP contribution in [0.5, 0.6) is 0 Å². The predicted molar refractivity (Wildman–Crippen MR) is 85.8 cm³/mol. The third-order valence-corrected chi connectivity index (χ3v) is 6.61. The van der Waals surface area contributed by atoms with Crippen LogP contribution in [0, 0.1) is 5.41 Å². The van der Waals surface area contributed by atoms with Crippen molar-refractivity contribution in [3.63, 3.8) is 0 Å². The maximum Gasteiger partial charge on any atom is 0.0166 e. The first-order valence-corrected chi connectivity index (χ1v) is 9.21. The van der Waals surface area contributed by atoms with Crippen LogP contribution in [0.4, 0.5) is 0 Å². The highest BCUT2D eigenvalue weighted by Gasteiger charge is 2.36. The van der Waals surface area contributed by atoms with Crippen LogP contribution >= 0.6 is 0 Å². The standard InChI is InChI=1S/C18H34N2/c19-18(9-5-2-6-10-18)13-16-20-14-11-17(12-15-20)7-3-1-4-8-17/h1-16,19H2. The Labute approximate surface area is 125 Å². The molecule has 2 aliphatic carbocycles. The quantitative estimate of drug-likeness (QED) is 0.842. The van der Waals surface area contributed by atoms with Gasteiger partial charge in [0.2, 0.25) is 0 Å². The number of hydrogen-bond acceptors (Lipinski definition) is 2. The highest BCUT2D eigenvalue weighted by Crippen LogP contribution is 2.44. The topological polar surface area (TPSA) is 29.3 Å². The minimum atomic E-state index is 0.179. The van der Waals surface area contributed by atoms with Crippen molar-refractivity contribution in [3.05, 3.63) is 0 Å². The lowest BCUT2D eigenvalue weighted by molar-refractivity contribution is 0.0622. The largest absolute Gasteiger partial charge is 0.325 e. The van der Waals surface area contributed by atoms with E-state index in [2.05, 4.69) is 4.90 Å². The Morgan fingerprint density at radius 2 is 1.25 bits per heavy atom. The van der Waals surface area contributed by atoms with Gasteiger partial charge in [-0.2, -0.15) is 0 Å².